The monoisotopic (exact) mass is 317 g/mol. The summed E-state index contributed by atoms with van der Waals surface area (Å²) in [5.74, 6) is 0.0584. The molecule has 0 spiro atoms. The van der Waals surface area contributed by atoms with E-state index in [1.807, 2.05) is 46.3 Å². The van der Waals surface area contributed by atoms with Gasteiger partial charge < -0.3 is 4.90 Å². The molecule has 0 aliphatic rings. The molecule has 0 aliphatic heterocycles. The van der Waals surface area contributed by atoms with Crippen molar-refractivity contribution in [2.24, 2.45) is 0 Å². The van der Waals surface area contributed by atoms with E-state index in [1.165, 1.54) is 0 Å². The number of fused-ring (bicyclic) bond motifs is 1. The first-order chi connectivity index (χ1) is 10.5. The summed E-state index contributed by atoms with van der Waals surface area (Å²) in [4.78, 5) is 19.4. The van der Waals surface area contributed by atoms with E-state index in [0.29, 0.717) is 19.0 Å². The number of imidazole rings is 1. The van der Waals surface area contributed by atoms with Crippen LogP contribution in [0.2, 0.25) is 0 Å². The molecule has 3 rings (SSSR count). The van der Waals surface area contributed by atoms with E-state index in [1.54, 1.807) is 16.2 Å². The van der Waals surface area contributed by atoms with E-state index in [4.69, 9.17) is 0 Å². The second kappa shape index (κ2) is 5.92. The SMILES string of the molecule is CC(C)n1cc(CN(C)C(=O)Cc2cn3ccsc3n2)cn1. The van der Waals surface area contributed by atoms with Crippen LogP contribution in [0.5, 0.6) is 0 Å². The van der Waals surface area contributed by atoms with Crippen molar-refractivity contribution in [3.05, 3.63) is 41.4 Å². The van der Waals surface area contributed by atoms with Crippen LogP contribution in [0.4, 0.5) is 0 Å². The molecule has 0 radical (unpaired) electrons. The first-order valence-corrected chi connectivity index (χ1v) is 8.09. The van der Waals surface area contributed by atoms with Crippen LogP contribution in [0.3, 0.4) is 0 Å². The molecule has 22 heavy (non-hydrogen) atoms. The number of nitrogens with zero attached hydrogens (tertiary/aromatic N) is 5. The fourth-order valence-corrected chi connectivity index (χ4v) is 2.97. The molecular weight excluding hydrogens is 298 g/mol. The molecule has 0 saturated heterocycles. The zero-order valence-electron chi connectivity index (χ0n) is 12.9. The molecule has 0 aliphatic carbocycles. The summed E-state index contributed by atoms with van der Waals surface area (Å²) in [5, 5.41) is 6.28. The lowest BCUT2D eigenvalue weighted by molar-refractivity contribution is -0.129. The summed E-state index contributed by atoms with van der Waals surface area (Å²) in [5.41, 5.74) is 1.84. The highest BCUT2D eigenvalue weighted by atomic mass is 32.1. The lowest BCUT2D eigenvalue weighted by Gasteiger charge is -2.15. The van der Waals surface area contributed by atoms with Gasteiger partial charge in [0, 0.05) is 49.2 Å². The lowest BCUT2D eigenvalue weighted by atomic mass is 10.2. The number of thiazole rings is 1. The minimum Gasteiger partial charge on any atom is -0.341 e. The van der Waals surface area contributed by atoms with Crippen molar-refractivity contribution in [2.75, 3.05) is 7.05 Å². The quantitative estimate of drug-likeness (QED) is 0.726. The highest BCUT2D eigenvalue weighted by molar-refractivity contribution is 7.15. The van der Waals surface area contributed by atoms with E-state index in [0.717, 1.165) is 16.2 Å². The van der Waals surface area contributed by atoms with Crippen molar-refractivity contribution in [2.45, 2.75) is 32.9 Å². The van der Waals surface area contributed by atoms with Crippen molar-refractivity contribution in [3.63, 3.8) is 0 Å². The van der Waals surface area contributed by atoms with E-state index >= 15 is 0 Å². The van der Waals surface area contributed by atoms with Crippen LogP contribution in [0.15, 0.2) is 30.2 Å². The Morgan fingerprint density at radius 2 is 2.23 bits per heavy atom. The number of carbonyl (C=O) groups excluding carboxylic acids is 1. The summed E-state index contributed by atoms with van der Waals surface area (Å²) in [7, 11) is 1.81. The predicted molar refractivity (Wildman–Crippen MR) is 85.9 cm³/mol. The molecule has 116 valence electrons. The molecule has 0 fully saturated rings. The Balaban J connectivity index is 1.62. The van der Waals surface area contributed by atoms with Crippen LogP contribution in [0, 0.1) is 0 Å². The number of carbonyl (C=O) groups is 1. The van der Waals surface area contributed by atoms with Gasteiger partial charge in [0.1, 0.15) is 0 Å². The van der Waals surface area contributed by atoms with Gasteiger partial charge in [0.2, 0.25) is 5.91 Å². The third kappa shape index (κ3) is 3.04. The second-order valence-corrected chi connectivity index (χ2v) is 6.55. The average molecular weight is 317 g/mol. The highest BCUT2D eigenvalue weighted by Crippen LogP contribution is 2.13. The molecule has 0 N–H and O–H groups in total. The molecule has 0 saturated carbocycles. The molecule has 3 heterocycles. The van der Waals surface area contributed by atoms with Crippen molar-refractivity contribution in [3.8, 4) is 0 Å². The molecule has 0 atom stereocenters. The molecule has 7 heteroatoms. The van der Waals surface area contributed by atoms with Gasteiger partial charge in [-0.2, -0.15) is 5.10 Å². The highest BCUT2D eigenvalue weighted by Gasteiger charge is 2.14. The van der Waals surface area contributed by atoms with Crippen molar-refractivity contribution < 1.29 is 4.79 Å². The molecule has 6 nitrogen and oxygen atoms in total. The first-order valence-electron chi connectivity index (χ1n) is 7.21. The van der Waals surface area contributed by atoms with Gasteiger partial charge in [0.25, 0.3) is 0 Å². The van der Waals surface area contributed by atoms with Crippen LogP contribution in [-0.4, -0.2) is 37.0 Å². The molecule has 1 amide bonds. The number of amides is 1. The maximum absolute atomic E-state index is 12.3. The maximum atomic E-state index is 12.3. The van der Waals surface area contributed by atoms with Crippen molar-refractivity contribution in [1.29, 1.82) is 0 Å². The van der Waals surface area contributed by atoms with Gasteiger partial charge in [-0.1, -0.05) is 0 Å². The van der Waals surface area contributed by atoms with Crippen LogP contribution < -0.4 is 0 Å². The first kappa shape index (κ1) is 14.8. The third-order valence-corrected chi connectivity index (χ3v) is 4.28. The van der Waals surface area contributed by atoms with Gasteiger partial charge >= 0.3 is 0 Å². The fraction of sp³-hybridized carbons (Fsp3) is 0.400. The standard InChI is InChI=1S/C15H19N5OS/c1-11(2)20-9-12(7-16-20)8-18(3)14(21)6-13-10-19-4-5-22-15(19)17-13/h4-5,7,9-11H,6,8H2,1-3H3. The van der Waals surface area contributed by atoms with E-state index < -0.39 is 0 Å². The number of likely N-dealkylation sites (N-methyl/N-ethyl adjacent to an activating group) is 1. The summed E-state index contributed by atoms with van der Waals surface area (Å²) < 4.78 is 3.84. The second-order valence-electron chi connectivity index (χ2n) is 5.67. The molecule has 0 bridgehead atoms. The third-order valence-electron chi connectivity index (χ3n) is 3.51. The fourth-order valence-electron chi connectivity index (χ4n) is 2.25. The van der Waals surface area contributed by atoms with Gasteiger partial charge in [-0.15, -0.1) is 11.3 Å². The largest absolute Gasteiger partial charge is 0.341 e. The maximum Gasteiger partial charge on any atom is 0.228 e. The predicted octanol–water partition coefficient (Wildman–Crippen LogP) is 2.37. The number of rotatable bonds is 5. The Morgan fingerprint density at radius 3 is 2.91 bits per heavy atom. The Bertz CT molecular complexity index is 756. The molecule has 0 aromatic carbocycles. The van der Waals surface area contributed by atoms with Gasteiger partial charge in [-0.05, 0) is 13.8 Å². The number of aromatic nitrogens is 4. The van der Waals surface area contributed by atoms with Crippen LogP contribution in [0.1, 0.15) is 31.1 Å². The Hall–Kier alpha value is -2.15. The molecule has 0 unspecified atom stereocenters. The van der Waals surface area contributed by atoms with Gasteiger partial charge in [-0.3, -0.25) is 13.9 Å². The van der Waals surface area contributed by atoms with Gasteiger partial charge in [0.15, 0.2) is 4.96 Å². The summed E-state index contributed by atoms with van der Waals surface area (Å²) >= 11 is 1.57. The summed E-state index contributed by atoms with van der Waals surface area (Å²) in [6.45, 7) is 4.72. The Kier molecular flexibility index (Phi) is 3.98. The van der Waals surface area contributed by atoms with Gasteiger partial charge in [-0.25, -0.2) is 4.98 Å². The molecule has 3 aromatic rings. The minimum atomic E-state index is 0.0584. The molecular formula is C15H19N5OS. The smallest absolute Gasteiger partial charge is 0.228 e. The van der Waals surface area contributed by atoms with Crippen LogP contribution in [0.25, 0.3) is 4.96 Å². The zero-order valence-corrected chi connectivity index (χ0v) is 13.7. The normalized spacial score (nSPS) is 11.5. The van der Waals surface area contributed by atoms with E-state index in [-0.39, 0.29) is 5.91 Å². The van der Waals surface area contributed by atoms with Gasteiger partial charge in [0.05, 0.1) is 18.3 Å². The topological polar surface area (TPSA) is 55.4 Å². The van der Waals surface area contributed by atoms with Crippen molar-refractivity contribution in [1.82, 2.24) is 24.1 Å². The Labute approximate surface area is 133 Å². The van der Waals surface area contributed by atoms with Crippen molar-refractivity contribution >= 4 is 22.2 Å². The number of hydrogen-bond donors (Lipinski definition) is 0. The Morgan fingerprint density at radius 1 is 1.41 bits per heavy atom. The average Bonchev–Trinajstić information content (AvgIpc) is 3.13. The zero-order chi connectivity index (χ0) is 15.7. The lowest BCUT2D eigenvalue weighted by Crippen LogP contribution is -2.27. The van der Waals surface area contributed by atoms with Crippen LogP contribution in [-0.2, 0) is 17.8 Å². The minimum absolute atomic E-state index is 0.0584. The van der Waals surface area contributed by atoms with E-state index in [9.17, 15) is 4.79 Å². The van der Waals surface area contributed by atoms with E-state index in [2.05, 4.69) is 23.9 Å². The van der Waals surface area contributed by atoms with Crippen LogP contribution >= 0.6 is 11.3 Å². The summed E-state index contributed by atoms with van der Waals surface area (Å²) in [6.07, 6.45) is 7.99. The summed E-state index contributed by atoms with van der Waals surface area (Å²) in [6, 6.07) is 0.327. The number of hydrogen-bond acceptors (Lipinski definition) is 4. The molecule has 3 aromatic heterocycles.